The summed E-state index contributed by atoms with van der Waals surface area (Å²) < 4.78 is 12.0. The number of hydrogen-bond acceptors (Lipinski definition) is 6. The molecule has 1 aromatic carbocycles. The normalized spacial score (nSPS) is 11.2. The topological polar surface area (TPSA) is 52.6 Å². The Morgan fingerprint density at radius 2 is 1.41 bits per heavy atom. The predicted molar refractivity (Wildman–Crippen MR) is 128 cm³/mol. The van der Waals surface area contributed by atoms with Crippen molar-refractivity contribution in [3.63, 3.8) is 0 Å². The van der Waals surface area contributed by atoms with Crippen LogP contribution in [0.15, 0.2) is 18.2 Å². The average molecular weight is 457 g/mol. The Labute approximate surface area is 186 Å². The van der Waals surface area contributed by atoms with Crippen molar-refractivity contribution in [3.05, 3.63) is 34.9 Å². The quantitative estimate of drug-likeness (QED) is 0.348. The first-order chi connectivity index (χ1) is 14.0. The highest BCUT2D eigenvalue weighted by Crippen LogP contribution is 2.20. The van der Waals surface area contributed by atoms with Gasteiger partial charge in [0.1, 0.15) is 0 Å². The van der Waals surface area contributed by atoms with Crippen molar-refractivity contribution in [1.29, 1.82) is 0 Å². The minimum atomic E-state index is -1.62. The largest absolute Gasteiger partial charge is 0.397 e. The molecule has 0 radical (unpaired) electrons. The maximum atomic E-state index is 11.3. The summed E-state index contributed by atoms with van der Waals surface area (Å²) in [6.45, 7) is 9.03. The van der Waals surface area contributed by atoms with Gasteiger partial charge in [-0.1, -0.05) is 55.6 Å². The van der Waals surface area contributed by atoms with Crippen LogP contribution in [0.4, 0.5) is 0 Å². The predicted octanol–water partition coefficient (Wildman–Crippen LogP) is 4.95. The molecule has 1 rings (SSSR count). The van der Waals surface area contributed by atoms with Crippen LogP contribution in [0.3, 0.4) is 0 Å². The van der Waals surface area contributed by atoms with Gasteiger partial charge in [-0.15, -0.1) is 0 Å². The molecule has 0 spiro atoms. The second-order valence-electron chi connectivity index (χ2n) is 6.99. The van der Waals surface area contributed by atoms with Crippen LogP contribution in [-0.2, 0) is 37.7 Å². The van der Waals surface area contributed by atoms with E-state index in [4.69, 9.17) is 8.85 Å². The van der Waals surface area contributed by atoms with Gasteiger partial charge in [-0.2, -0.15) is 0 Å². The molecule has 0 aliphatic carbocycles. The monoisotopic (exact) mass is 456 g/mol. The zero-order chi connectivity index (χ0) is 21.5. The van der Waals surface area contributed by atoms with E-state index in [0.29, 0.717) is 0 Å². The highest BCUT2D eigenvalue weighted by Gasteiger charge is 2.14. The van der Waals surface area contributed by atoms with E-state index in [-0.39, 0.29) is 10.2 Å². The maximum Gasteiger partial charge on any atom is 0.321 e. The molecule has 164 valence electrons. The fourth-order valence-corrected chi connectivity index (χ4v) is 6.13. The first kappa shape index (κ1) is 26.4. The van der Waals surface area contributed by atoms with Crippen LogP contribution in [0.1, 0.15) is 57.2 Å². The SMILES string of the molecule is CCCO[SiH](CCc1ccc(CCSC(C)=O)c(CCSC(C)=O)c1)OCCC. The molecule has 0 atom stereocenters. The summed E-state index contributed by atoms with van der Waals surface area (Å²) in [5.74, 6) is 1.59. The van der Waals surface area contributed by atoms with Gasteiger partial charge in [0.25, 0.3) is 0 Å². The number of carbonyl (C=O) groups is 2. The third-order valence-electron chi connectivity index (χ3n) is 4.31. The number of rotatable bonds is 15. The molecule has 0 aliphatic rings. The van der Waals surface area contributed by atoms with E-state index in [2.05, 4.69) is 32.0 Å². The molecule has 0 saturated carbocycles. The Kier molecular flexibility index (Phi) is 14.7. The zero-order valence-corrected chi connectivity index (χ0v) is 21.1. The van der Waals surface area contributed by atoms with E-state index < -0.39 is 9.28 Å². The molecule has 0 amide bonds. The van der Waals surface area contributed by atoms with Gasteiger partial charge in [0, 0.05) is 38.6 Å². The van der Waals surface area contributed by atoms with Crippen molar-refractivity contribution >= 4 is 43.0 Å². The molecule has 7 heteroatoms. The first-order valence-electron chi connectivity index (χ1n) is 10.6. The van der Waals surface area contributed by atoms with Crippen molar-refractivity contribution in [1.82, 2.24) is 0 Å². The van der Waals surface area contributed by atoms with Crippen LogP contribution in [0, 0.1) is 0 Å². The number of thioether (sulfide) groups is 2. The van der Waals surface area contributed by atoms with Gasteiger partial charge in [-0.3, -0.25) is 9.59 Å². The standard InChI is InChI=1S/C22H36O4S2Si/c1-5-12-25-29(26-13-6-2)16-11-20-7-8-21(9-14-27-18(3)23)22(17-20)10-15-28-19(4)24/h7-8,17,29H,5-6,9-16H2,1-4H3. The molecule has 0 aliphatic heterocycles. The van der Waals surface area contributed by atoms with Crippen LogP contribution >= 0.6 is 23.5 Å². The van der Waals surface area contributed by atoms with Gasteiger partial charge in [0.15, 0.2) is 10.2 Å². The third kappa shape index (κ3) is 12.6. The highest BCUT2D eigenvalue weighted by atomic mass is 32.2. The minimum absolute atomic E-state index is 0.157. The van der Waals surface area contributed by atoms with Gasteiger partial charge >= 0.3 is 9.28 Å². The molecule has 0 bridgehead atoms. The average Bonchev–Trinajstić information content (AvgIpc) is 2.68. The van der Waals surface area contributed by atoms with E-state index in [0.717, 1.165) is 62.9 Å². The lowest BCUT2D eigenvalue weighted by Crippen LogP contribution is -2.24. The lowest BCUT2D eigenvalue weighted by atomic mass is 9.99. The lowest BCUT2D eigenvalue weighted by molar-refractivity contribution is -0.109. The van der Waals surface area contributed by atoms with Crippen molar-refractivity contribution in [2.24, 2.45) is 0 Å². The molecule has 29 heavy (non-hydrogen) atoms. The summed E-state index contributed by atoms with van der Waals surface area (Å²) in [6, 6.07) is 7.64. The molecular weight excluding hydrogens is 420 g/mol. The summed E-state index contributed by atoms with van der Waals surface area (Å²) >= 11 is 2.75. The third-order valence-corrected chi connectivity index (χ3v) is 7.91. The van der Waals surface area contributed by atoms with Crippen molar-refractivity contribution in [3.8, 4) is 0 Å². The van der Waals surface area contributed by atoms with E-state index >= 15 is 0 Å². The van der Waals surface area contributed by atoms with Crippen LogP contribution in [0.2, 0.25) is 6.04 Å². The zero-order valence-electron chi connectivity index (χ0n) is 18.3. The van der Waals surface area contributed by atoms with Crippen molar-refractivity contribution < 1.29 is 18.4 Å². The number of carbonyl (C=O) groups excluding carboxylic acids is 2. The number of benzene rings is 1. The number of aryl methyl sites for hydroxylation is 3. The Hall–Kier alpha value is -0.603. The Balaban J connectivity index is 2.76. The van der Waals surface area contributed by atoms with Crippen LogP contribution in [0.25, 0.3) is 0 Å². The number of hydrogen-bond donors (Lipinski definition) is 0. The molecular formula is C22H36O4S2Si. The lowest BCUT2D eigenvalue weighted by Gasteiger charge is -2.17. The van der Waals surface area contributed by atoms with E-state index in [1.165, 1.54) is 40.2 Å². The Bertz CT molecular complexity index is 617. The summed E-state index contributed by atoms with van der Waals surface area (Å²) in [4.78, 5) is 22.5. The van der Waals surface area contributed by atoms with Gasteiger partial charge in [0.2, 0.25) is 0 Å². The first-order valence-corrected chi connectivity index (χ1v) is 14.3. The van der Waals surface area contributed by atoms with Gasteiger partial charge in [0.05, 0.1) is 0 Å². The Morgan fingerprint density at radius 1 is 0.862 bits per heavy atom. The fourth-order valence-electron chi connectivity index (χ4n) is 2.92. The molecule has 4 nitrogen and oxygen atoms in total. The summed E-state index contributed by atoms with van der Waals surface area (Å²) in [5, 5.41) is 0.315. The van der Waals surface area contributed by atoms with Gasteiger partial charge < -0.3 is 8.85 Å². The highest BCUT2D eigenvalue weighted by molar-refractivity contribution is 8.13. The molecule has 0 N–H and O–H groups in total. The molecule has 0 aromatic heterocycles. The minimum Gasteiger partial charge on any atom is -0.397 e. The summed E-state index contributed by atoms with van der Waals surface area (Å²) in [5.41, 5.74) is 3.88. The van der Waals surface area contributed by atoms with Crippen LogP contribution in [0.5, 0.6) is 0 Å². The maximum absolute atomic E-state index is 11.3. The van der Waals surface area contributed by atoms with Crippen LogP contribution < -0.4 is 0 Å². The van der Waals surface area contributed by atoms with Crippen molar-refractivity contribution in [2.75, 3.05) is 24.7 Å². The summed E-state index contributed by atoms with van der Waals surface area (Å²) in [7, 11) is -1.62. The van der Waals surface area contributed by atoms with Gasteiger partial charge in [-0.25, -0.2) is 0 Å². The van der Waals surface area contributed by atoms with E-state index in [1.54, 1.807) is 13.8 Å². The van der Waals surface area contributed by atoms with E-state index in [9.17, 15) is 9.59 Å². The molecule has 1 aromatic rings. The smallest absolute Gasteiger partial charge is 0.321 e. The van der Waals surface area contributed by atoms with Gasteiger partial charge in [-0.05, 0) is 54.8 Å². The molecule has 0 saturated heterocycles. The van der Waals surface area contributed by atoms with E-state index in [1.807, 2.05) is 0 Å². The van der Waals surface area contributed by atoms with Crippen molar-refractivity contribution in [2.45, 2.75) is 65.8 Å². The fraction of sp³-hybridized carbons (Fsp3) is 0.636. The summed E-state index contributed by atoms with van der Waals surface area (Å²) in [6.07, 6.45) is 4.74. The molecule has 0 heterocycles. The molecule has 0 fully saturated rings. The van der Waals surface area contributed by atoms with Crippen LogP contribution in [-0.4, -0.2) is 44.2 Å². The second-order valence-corrected chi connectivity index (χ2v) is 11.6. The molecule has 0 unspecified atom stereocenters. The Morgan fingerprint density at radius 3 is 1.93 bits per heavy atom. The second kappa shape index (κ2) is 16.1.